The zero-order valence-corrected chi connectivity index (χ0v) is 33.4. The third-order valence-electron chi connectivity index (χ3n) is 12.4. The number of fused-ring (bicyclic) bond motifs is 2. The summed E-state index contributed by atoms with van der Waals surface area (Å²) in [4.78, 5) is 68.1. The minimum absolute atomic E-state index is 0.00875. The van der Waals surface area contributed by atoms with E-state index in [-0.39, 0.29) is 47.7 Å². The van der Waals surface area contributed by atoms with Crippen LogP contribution in [0.4, 0.5) is 5.69 Å². The molecule has 11 nitrogen and oxygen atoms in total. The number of benzene rings is 4. The Morgan fingerprint density at radius 3 is 2.29 bits per heavy atom. The average Bonchev–Trinajstić information content (AvgIpc) is 3.67. The fourth-order valence-electron chi connectivity index (χ4n) is 9.22. The number of nitrogens with zero attached hydrogens (tertiary/aromatic N) is 3. The smallest absolute Gasteiger partial charge is 0.255 e. The van der Waals surface area contributed by atoms with Crippen LogP contribution in [-0.2, 0) is 33.9 Å². The van der Waals surface area contributed by atoms with Crippen molar-refractivity contribution in [3.05, 3.63) is 129 Å². The number of anilines is 1. The van der Waals surface area contributed by atoms with Crippen LogP contribution in [0, 0.1) is 0 Å². The predicted molar refractivity (Wildman–Crippen MR) is 223 cm³/mol. The Hall–Kier alpha value is -5.81. The van der Waals surface area contributed by atoms with Crippen LogP contribution in [0.25, 0.3) is 0 Å². The van der Waals surface area contributed by atoms with Gasteiger partial charge in [0.1, 0.15) is 18.1 Å². The van der Waals surface area contributed by atoms with Crippen LogP contribution in [0.2, 0.25) is 0 Å². The second kappa shape index (κ2) is 18.2. The fourth-order valence-corrected chi connectivity index (χ4v) is 9.22. The summed E-state index contributed by atoms with van der Waals surface area (Å²) < 4.78 is 0. The Morgan fingerprint density at radius 1 is 0.879 bits per heavy atom. The van der Waals surface area contributed by atoms with E-state index in [0.29, 0.717) is 50.3 Å². The molecule has 7 rings (SSSR count). The van der Waals surface area contributed by atoms with E-state index < -0.39 is 11.9 Å². The van der Waals surface area contributed by atoms with Gasteiger partial charge in [-0.15, -0.1) is 0 Å². The van der Waals surface area contributed by atoms with Gasteiger partial charge in [-0.25, -0.2) is 0 Å². The molecule has 1 fully saturated rings. The summed E-state index contributed by atoms with van der Waals surface area (Å²) in [6, 6.07) is 28.3. The normalized spacial score (nSPS) is 18.4. The third kappa shape index (κ3) is 8.84. The number of likely N-dealkylation sites (N-methyl/N-ethyl adjacent to an activating group) is 2. The molecule has 3 N–H and O–H groups in total. The standard InChI is InChI=1S/C47H53N5O6/c1-48-46(57)43(9-6-24-53)50(2)47(58)42-27-35-29-51(28-34(35)25-36(42)30-54)21-20-44(56)49-37-18-22-52(23-19-37)38-13-10-32(11-14-38)45-40(31-7-4-3-5-8-31)16-12-33-26-39(55)15-17-41(33)45/h3-5,7-8,10-11,13-15,17,24-27,30,37,40,43,45,55H,6,9,12,16,18-23,28-29H2,1-2H3,(H,48,57)(H,49,56)/t40-,43?,45+/m1/s1. The Balaban J connectivity index is 0.911. The van der Waals surface area contributed by atoms with E-state index in [0.717, 1.165) is 49.9 Å². The lowest BCUT2D eigenvalue weighted by molar-refractivity contribution is -0.125. The van der Waals surface area contributed by atoms with Crippen LogP contribution in [0.1, 0.15) is 104 Å². The van der Waals surface area contributed by atoms with E-state index in [4.69, 9.17) is 0 Å². The highest BCUT2D eigenvalue weighted by molar-refractivity contribution is 6.03. The highest BCUT2D eigenvalue weighted by Crippen LogP contribution is 2.47. The van der Waals surface area contributed by atoms with Gasteiger partial charge in [0.05, 0.1) is 5.56 Å². The molecule has 1 saturated heterocycles. The van der Waals surface area contributed by atoms with Gasteiger partial charge in [0.2, 0.25) is 11.8 Å². The number of hydrogen-bond acceptors (Lipinski definition) is 8. The molecule has 58 heavy (non-hydrogen) atoms. The van der Waals surface area contributed by atoms with Gasteiger partial charge < -0.3 is 30.3 Å². The molecule has 1 unspecified atom stereocenters. The molecule has 0 radical (unpaired) electrons. The van der Waals surface area contributed by atoms with Crippen LogP contribution < -0.4 is 15.5 Å². The van der Waals surface area contributed by atoms with E-state index in [1.54, 1.807) is 12.1 Å². The number of carbonyl (C=O) groups excluding carboxylic acids is 5. The number of aromatic hydroxyl groups is 1. The molecule has 0 aromatic heterocycles. The van der Waals surface area contributed by atoms with Gasteiger partial charge in [-0.1, -0.05) is 48.5 Å². The topological polar surface area (TPSA) is 139 Å². The number of rotatable bonds is 14. The number of carbonyl (C=O) groups is 5. The number of nitrogens with one attached hydrogen (secondary N) is 2. The molecule has 302 valence electrons. The van der Waals surface area contributed by atoms with Gasteiger partial charge in [-0.2, -0.15) is 0 Å². The maximum absolute atomic E-state index is 13.5. The molecule has 2 heterocycles. The highest BCUT2D eigenvalue weighted by Gasteiger charge is 2.33. The summed E-state index contributed by atoms with van der Waals surface area (Å²) in [7, 11) is 2.99. The molecule has 4 aromatic carbocycles. The third-order valence-corrected chi connectivity index (χ3v) is 12.4. The first-order valence-electron chi connectivity index (χ1n) is 20.4. The van der Waals surface area contributed by atoms with Crippen molar-refractivity contribution in [2.45, 2.75) is 82.0 Å². The molecule has 3 atom stereocenters. The lowest BCUT2D eigenvalue weighted by Crippen LogP contribution is -2.47. The summed E-state index contributed by atoms with van der Waals surface area (Å²) in [5.74, 6) is 0.0395. The lowest BCUT2D eigenvalue weighted by Gasteiger charge is -2.36. The minimum atomic E-state index is -0.846. The van der Waals surface area contributed by atoms with Gasteiger partial charge in [-0.05, 0) is 108 Å². The summed E-state index contributed by atoms with van der Waals surface area (Å²) in [6.45, 7) is 3.33. The first kappa shape index (κ1) is 40.4. The average molecular weight is 784 g/mol. The van der Waals surface area contributed by atoms with Crippen molar-refractivity contribution in [1.29, 1.82) is 0 Å². The summed E-state index contributed by atoms with van der Waals surface area (Å²) in [5.41, 5.74) is 8.61. The van der Waals surface area contributed by atoms with Crippen molar-refractivity contribution >= 4 is 36.0 Å². The number of aryl methyl sites for hydroxylation is 1. The number of amides is 3. The Kier molecular flexibility index (Phi) is 12.7. The Labute approximate surface area is 340 Å². The van der Waals surface area contributed by atoms with E-state index in [1.165, 1.54) is 46.9 Å². The molecule has 2 aliphatic heterocycles. The second-order valence-corrected chi connectivity index (χ2v) is 15.9. The minimum Gasteiger partial charge on any atom is -0.508 e. The first-order chi connectivity index (χ1) is 28.2. The van der Waals surface area contributed by atoms with Crippen molar-refractivity contribution in [2.24, 2.45) is 0 Å². The van der Waals surface area contributed by atoms with Crippen molar-refractivity contribution in [3.8, 4) is 5.75 Å². The zero-order valence-electron chi connectivity index (χ0n) is 33.4. The van der Waals surface area contributed by atoms with Crippen LogP contribution in [-0.4, -0.2) is 91.0 Å². The molecule has 0 saturated carbocycles. The molecular weight excluding hydrogens is 731 g/mol. The fraction of sp³-hybridized carbons (Fsp3) is 0.383. The van der Waals surface area contributed by atoms with E-state index in [2.05, 4.69) is 81.1 Å². The van der Waals surface area contributed by atoms with Gasteiger partial charge >= 0.3 is 0 Å². The number of phenols is 1. The largest absolute Gasteiger partial charge is 0.508 e. The quantitative estimate of drug-likeness (QED) is 0.138. The number of aldehydes is 2. The van der Waals surface area contributed by atoms with Crippen molar-refractivity contribution in [1.82, 2.24) is 20.4 Å². The first-order valence-corrected chi connectivity index (χ1v) is 20.4. The van der Waals surface area contributed by atoms with Crippen molar-refractivity contribution in [2.75, 3.05) is 38.6 Å². The molecular formula is C47H53N5O6. The highest BCUT2D eigenvalue weighted by atomic mass is 16.3. The molecule has 0 bridgehead atoms. The Bertz CT molecular complexity index is 2130. The monoisotopic (exact) mass is 783 g/mol. The summed E-state index contributed by atoms with van der Waals surface area (Å²) >= 11 is 0. The second-order valence-electron chi connectivity index (χ2n) is 15.9. The Morgan fingerprint density at radius 2 is 1.60 bits per heavy atom. The maximum Gasteiger partial charge on any atom is 0.255 e. The van der Waals surface area contributed by atoms with Gasteiger partial charge in [-0.3, -0.25) is 24.1 Å². The number of piperidine rings is 1. The summed E-state index contributed by atoms with van der Waals surface area (Å²) in [5, 5.41) is 16.0. The van der Waals surface area contributed by atoms with Gasteiger partial charge in [0, 0.05) is 82.9 Å². The van der Waals surface area contributed by atoms with E-state index >= 15 is 0 Å². The molecule has 4 aromatic rings. The molecule has 1 aliphatic carbocycles. The maximum atomic E-state index is 13.5. The van der Waals surface area contributed by atoms with Gasteiger partial charge in [0.15, 0.2) is 6.29 Å². The molecule has 3 aliphatic rings. The van der Waals surface area contributed by atoms with E-state index in [9.17, 15) is 29.1 Å². The zero-order chi connectivity index (χ0) is 40.8. The van der Waals surface area contributed by atoms with Crippen LogP contribution in [0.3, 0.4) is 0 Å². The molecule has 11 heteroatoms. The number of phenolic OH excluding ortho intramolecular Hbond substituents is 1. The van der Waals surface area contributed by atoms with Crippen LogP contribution >= 0.6 is 0 Å². The van der Waals surface area contributed by atoms with Crippen molar-refractivity contribution in [3.63, 3.8) is 0 Å². The SMILES string of the molecule is CNC(=O)C(CCC=O)N(C)C(=O)c1cc2c(cc1C=O)CN(CCC(=O)NC1CCN(c3ccc([C@@H]4c5ccc(O)cc5CC[C@@H]4c4ccccc4)cc3)CC1)C2. The van der Waals surface area contributed by atoms with Crippen LogP contribution in [0.15, 0.2) is 84.9 Å². The predicted octanol–water partition coefficient (Wildman–Crippen LogP) is 5.72. The van der Waals surface area contributed by atoms with Gasteiger partial charge in [0.25, 0.3) is 5.91 Å². The lowest BCUT2D eigenvalue weighted by atomic mass is 9.69. The van der Waals surface area contributed by atoms with Crippen LogP contribution in [0.5, 0.6) is 5.75 Å². The number of hydrogen-bond donors (Lipinski definition) is 3. The molecule has 0 spiro atoms. The van der Waals surface area contributed by atoms with E-state index in [1.807, 2.05) is 12.1 Å². The van der Waals surface area contributed by atoms with Crippen molar-refractivity contribution < 1.29 is 29.1 Å². The molecule has 3 amide bonds. The summed E-state index contributed by atoms with van der Waals surface area (Å²) in [6.07, 6.45) is 5.68.